The minimum Gasteiger partial charge on any atom is -0.465 e. The Morgan fingerprint density at radius 3 is 2.38 bits per heavy atom. The van der Waals surface area contributed by atoms with E-state index in [1.165, 1.54) is 19.2 Å². The largest absolute Gasteiger partial charge is 0.465 e. The lowest BCUT2D eigenvalue weighted by Gasteiger charge is -2.14. The van der Waals surface area contributed by atoms with Gasteiger partial charge in [0, 0.05) is 5.39 Å². The highest BCUT2D eigenvalue weighted by atomic mass is 16.5. The molecule has 0 saturated heterocycles. The second-order valence-corrected chi connectivity index (χ2v) is 7.11. The van der Waals surface area contributed by atoms with Crippen LogP contribution in [-0.4, -0.2) is 33.8 Å². The molecule has 0 aliphatic heterocycles. The smallest absolute Gasteiger partial charge is 0.340 e. The van der Waals surface area contributed by atoms with Crippen LogP contribution < -0.4 is 11.1 Å². The Labute approximate surface area is 181 Å². The van der Waals surface area contributed by atoms with E-state index in [4.69, 9.17) is 9.47 Å². The number of aromatic amines is 1. The van der Waals surface area contributed by atoms with Gasteiger partial charge in [0.25, 0.3) is 11.1 Å². The maximum atomic E-state index is 12.6. The zero-order valence-corrected chi connectivity index (χ0v) is 17.4. The summed E-state index contributed by atoms with van der Waals surface area (Å²) in [4.78, 5) is 54.0. The molecule has 0 spiro atoms. The molecule has 4 aromatic rings. The molecule has 9 heteroatoms. The molecule has 0 aliphatic rings. The lowest BCUT2D eigenvalue weighted by Crippen LogP contribution is -2.32. The van der Waals surface area contributed by atoms with Crippen molar-refractivity contribution in [1.82, 2.24) is 14.8 Å². The third-order valence-corrected chi connectivity index (χ3v) is 5.16. The predicted octanol–water partition coefficient (Wildman–Crippen LogP) is 2.08. The number of ether oxygens (including phenoxy) is 2. The fraction of sp³-hybridized carbons (Fsp3) is 0.174. The van der Waals surface area contributed by atoms with Crippen molar-refractivity contribution < 1.29 is 19.1 Å². The molecule has 0 saturated carbocycles. The van der Waals surface area contributed by atoms with Gasteiger partial charge < -0.3 is 9.47 Å². The van der Waals surface area contributed by atoms with E-state index in [9.17, 15) is 19.2 Å². The molecule has 9 nitrogen and oxygen atoms in total. The Bertz CT molecular complexity index is 1490. The highest BCUT2D eigenvalue weighted by Gasteiger charge is 2.21. The average molecular weight is 433 g/mol. The maximum Gasteiger partial charge on any atom is 0.340 e. The molecule has 2 aromatic carbocycles. The van der Waals surface area contributed by atoms with Gasteiger partial charge in [-0.1, -0.05) is 30.3 Å². The number of carbonyl (C=O) groups excluding carboxylic acids is 2. The van der Waals surface area contributed by atoms with Crippen LogP contribution in [0.25, 0.3) is 21.7 Å². The first-order chi connectivity index (χ1) is 15.4. The first-order valence-electron chi connectivity index (χ1n) is 9.74. The van der Waals surface area contributed by atoms with Crippen LogP contribution in [0.5, 0.6) is 0 Å². The second-order valence-electron chi connectivity index (χ2n) is 7.11. The minimum atomic E-state index is -0.776. The maximum absolute atomic E-state index is 12.6. The Balaban J connectivity index is 1.62. The fourth-order valence-electron chi connectivity index (χ4n) is 3.60. The van der Waals surface area contributed by atoms with Crippen LogP contribution in [-0.2, 0) is 27.4 Å². The topological polar surface area (TPSA) is 120 Å². The molecule has 0 unspecified atom stereocenters. The molecule has 0 atom stereocenters. The highest BCUT2D eigenvalue weighted by Crippen LogP contribution is 2.24. The summed E-state index contributed by atoms with van der Waals surface area (Å²) in [5.41, 5.74) is 0.735. The van der Waals surface area contributed by atoms with Crippen LogP contribution in [0.2, 0.25) is 0 Å². The first kappa shape index (κ1) is 21.0. The van der Waals surface area contributed by atoms with Gasteiger partial charge in [-0.2, -0.15) is 0 Å². The number of para-hydroxylation sites is 1. The molecule has 2 heterocycles. The summed E-state index contributed by atoms with van der Waals surface area (Å²) in [5.74, 6) is -1.37. The van der Waals surface area contributed by atoms with Crippen LogP contribution in [0.1, 0.15) is 21.6 Å². The summed E-state index contributed by atoms with van der Waals surface area (Å²) in [6, 6.07) is 13.6. The normalized spacial score (nSPS) is 10.9. The van der Waals surface area contributed by atoms with Gasteiger partial charge in [0.2, 0.25) is 0 Å². The predicted molar refractivity (Wildman–Crippen MR) is 116 cm³/mol. The molecule has 1 N–H and O–H groups in total. The van der Waals surface area contributed by atoms with E-state index >= 15 is 0 Å². The van der Waals surface area contributed by atoms with Crippen molar-refractivity contribution in [3.8, 4) is 0 Å². The number of benzene rings is 2. The van der Waals surface area contributed by atoms with Crippen LogP contribution in [0.3, 0.4) is 0 Å². The van der Waals surface area contributed by atoms with Gasteiger partial charge in [-0.05, 0) is 30.7 Å². The summed E-state index contributed by atoms with van der Waals surface area (Å²) in [6.45, 7) is 0.960. The number of aromatic nitrogens is 3. The van der Waals surface area contributed by atoms with Crippen molar-refractivity contribution in [2.45, 2.75) is 20.1 Å². The Morgan fingerprint density at radius 2 is 1.66 bits per heavy atom. The SMILES string of the molecule is COC(=O)c1c(COC(=O)Cn2[nH]c(=O)c3ccccc3c2=O)nc2ccccc2c1C. The highest BCUT2D eigenvalue weighted by molar-refractivity contribution is 5.98. The third-order valence-electron chi connectivity index (χ3n) is 5.16. The van der Waals surface area contributed by atoms with Crippen molar-refractivity contribution >= 4 is 33.6 Å². The number of aryl methyl sites for hydroxylation is 1. The van der Waals surface area contributed by atoms with Gasteiger partial charge in [0.05, 0.1) is 34.7 Å². The molecule has 0 amide bonds. The molecule has 32 heavy (non-hydrogen) atoms. The van der Waals surface area contributed by atoms with E-state index in [1.54, 1.807) is 25.1 Å². The van der Waals surface area contributed by atoms with E-state index in [-0.39, 0.29) is 28.6 Å². The number of pyridine rings is 1. The number of rotatable bonds is 5. The van der Waals surface area contributed by atoms with Gasteiger partial charge in [-0.3, -0.25) is 19.5 Å². The zero-order valence-electron chi connectivity index (χ0n) is 17.4. The van der Waals surface area contributed by atoms with Gasteiger partial charge in [-0.15, -0.1) is 0 Å². The van der Waals surface area contributed by atoms with Crippen molar-refractivity contribution in [3.05, 3.63) is 86.1 Å². The lowest BCUT2D eigenvalue weighted by molar-refractivity contribution is -0.146. The number of carbonyl (C=O) groups is 2. The summed E-state index contributed by atoms with van der Waals surface area (Å²) in [7, 11) is 1.26. The summed E-state index contributed by atoms with van der Waals surface area (Å²) in [5, 5.41) is 3.59. The minimum absolute atomic E-state index is 0.198. The van der Waals surface area contributed by atoms with Crippen molar-refractivity contribution in [2.24, 2.45) is 0 Å². The third kappa shape index (κ3) is 3.76. The van der Waals surface area contributed by atoms with E-state index in [2.05, 4.69) is 10.1 Å². The quantitative estimate of drug-likeness (QED) is 0.478. The standard InChI is InChI=1S/C23H19N3O6/c1-13-14-7-5-6-10-17(14)24-18(20(13)23(30)31-2)12-32-19(27)11-26-22(29)16-9-4-3-8-15(16)21(28)25-26/h3-10H,11-12H2,1-2H3,(H,25,28). The van der Waals surface area contributed by atoms with Gasteiger partial charge in [-0.25, -0.2) is 14.5 Å². The summed E-state index contributed by atoms with van der Waals surface area (Å²) >= 11 is 0. The number of nitrogens with one attached hydrogen (secondary N) is 1. The number of hydrogen-bond donors (Lipinski definition) is 1. The molecule has 4 rings (SSSR count). The van der Waals surface area contributed by atoms with Crippen LogP contribution >= 0.6 is 0 Å². The monoisotopic (exact) mass is 433 g/mol. The number of methoxy groups -OCH3 is 1. The molecular formula is C23H19N3O6. The number of esters is 2. The fourth-order valence-corrected chi connectivity index (χ4v) is 3.60. The van der Waals surface area contributed by atoms with Gasteiger partial charge in [0.15, 0.2) is 0 Å². The summed E-state index contributed by atoms with van der Waals surface area (Å²) < 4.78 is 11.1. The van der Waals surface area contributed by atoms with E-state index in [0.29, 0.717) is 11.1 Å². The molecule has 162 valence electrons. The Kier molecular flexibility index (Phi) is 5.55. The van der Waals surface area contributed by atoms with Crippen LogP contribution in [0, 0.1) is 6.92 Å². The van der Waals surface area contributed by atoms with Gasteiger partial charge in [0.1, 0.15) is 13.2 Å². The number of hydrogen-bond acceptors (Lipinski definition) is 7. The number of H-pyrrole nitrogens is 1. The van der Waals surface area contributed by atoms with E-state index in [0.717, 1.165) is 10.1 Å². The van der Waals surface area contributed by atoms with Crippen molar-refractivity contribution in [2.75, 3.05) is 7.11 Å². The van der Waals surface area contributed by atoms with E-state index < -0.39 is 29.6 Å². The van der Waals surface area contributed by atoms with E-state index in [1.807, 2.05) is 18.2 Å². The molecule has 0 bridgehead atoms. The average Bonchev–Trinajstić information content (AvgIpc) is 2.80. The lowest BCUT2D eigenvalue weighted by atomic mass is 10.0. The van der Waals surface area contributed by atoms with Crippen LogP contribution in [0.15, 0.2) is 58.1 Å². The zero-order chi connectivity index (χ0) is 22.8. The number of fused-ring (bicyclic) bond motifs is 2. The molecule has 0 aliphatic carbocycles. The number of nitrogens with zero attached hydrogens (tertiary/aromatic N) is 2. The van der Waals surface area contributed by atoms with Gasteiger partial charge >= 0.3 is 11.9 Å². The molecule has 0 fully saturated rings. The summed E-state index contributed by atoms with van der Waals surface area (Å²) in [6.07, 6.45) is 0. The second kappa shape index (κ2) is 8.46. The van der Waals surface area contributed by atoms with Crippen molar-refractivity contribution in [3.63, 3.8) is 0 Å². The molecule has 2 aromatic heterocycles. The van der Waals surface area contributed by atoms with Crippen molar-refractivity contribution in [1.29, 1.82) is 0 Å². The first-order valence-corrected chi connectivity index (χ1v) is 9.74. The van der Waals surface area contributed by atoms with Crippen LogP contribution in [0.4, 0.5) is 0 Å². The Hall–Kier alpha value is -4.27. The molecular weight excluding hydrogens is 414 g/mol. The molecule has 0 radical (unpaired) electrons. The Morgan fingerprint density at radius 1 is 1.00 bits per heavy atom.